The first kappa shape index (κ1) is 29.1. The summed E-state index contributed by atoms with van der Waals surface area (Å²) in [4.78, 5) is 10.9. The van der Waals surface area contributed by atoms with E-state index >= 15 is 0 Å². The molecule has 0 atom stereocenters. The summed E-state index contributed by atoms with van der Waals surface area (Å²) >= 11 is 0. The fraction of sp³-hybridized carbons (Fsp3) is 0.0638. The van der Waals surface area contributed by atoms with Gasteiger partial charge in [-0.2, -0.15) is 0 Å². The third-order valence-electron chi connectivity index (χ3n) is 10.8. The van der Waals surface area contributed by atoms with Crippen molar-refractivity contribution < 1.29 is 4.74 Å². The zero-order valence-corrected chi connectivity index (χ0v) is 28.8. The molecule has 3 aromatic heterocycles. The summed E-state index contributed by atoms with van der Waals surface area (Å²) in [6.07, 6.45) is 16.4. The van der Waals surface area contributed by atoms with Gasteiger partial charge in [0.25, 0.3) is 0 Å². The minimum Gasteiger partial charge on any atom is -0.456 e. The second-order valence-electron chi connectivity index (χ2n) is 13.7. The molecular weight excluding hydrogens is 637 g/mol. The third kappa shape index (κ3) is 3.93. The molecule has 1 aliphatic heterocycles. The van der Waals surface area contributed by atoms with Crippen LogP contribution in [0.5, 0.6) is 11.5 Å². The van der Waals surface area contributed by atoms with Crippen molar-refractivity contribution in [3.8, 4) is 28.7 Å². The maximum atomic E-state index is 6.38. The highest BCUT2D eigenvalue weighted by Crippen LogP contribution is 2.48. The number of para-hydroxylation sites is 1. The van der Waals surface area contributed by atoms with Gasteiger partial charge in [0.15, 0.2) is 0 Å². The zero-order chi connectivity index (χ0) is 34.5. The average molecular weight is 669 g/mol. The lowest BCUT2D eigenvalue weighted by Crippen LogP contribution is -2.07. The van der Waals surface area contributed by atoms with Gasteiger partial charge >= 0.3 is 0 Å². The van der Waals surface area contributed by atoms with Crippen molar-refractivity contribution in [2.24, 2.45) is 0 Å². The number of ether oxygens (including phenoxy) is 1. The molecule has 0 radical (unpaired) electrons. The first-order valence-electron chi connectivity index (χ1n) is 17.9. The third-order valence-corrected chi connectivity index (χ3v) is 10.8. The van der Waals surface area contributed by atoms with Gasteiger partial charge in [0.05, 0.1) is 38.7 Å². The molecule has 6 aromatic carbocycles. The second kappa shape index (κ2) is 10.9. The molecule has 4 heterocycles. The maximum absolute atomic E-state index is 6.38. The Morgan fingerprint density at radius 1 is 0.673 bits per heavy atom. The van der Waals surface area contributed by atoms with Gasteiger partial charge in [-0.05, 0) is 90.7 Å². The molecule has 11 rings (SSSR count). The van der Waals surface area contributed by atoms with Crippen molar-refractivity contribution in [2.45, 2.75) is 20.3 Å². The smallest absolute Gasteiger partial charge is 0.235 e. The standard InChI is InChI=1S/C47H32N4O/c1-3-13-31-28(2)22-26-37-41(31)34-24-25-35-42-32-17-9-8-14-29(32)23-27-38(42)51(46(35)45(34)50(37)30-15-6-4-5-7-16-30)47-48-36-19-12-21-40-43(36)44(49-47)33-18-10-11-20-39(33)52-40/h3-4,6-27H,5H2,1-2H3/b13-3-. The van der Waals surface area contributed by atoms with Crippen molar-refractivity contribution >= 4 is 77.1 Å². The van der Waals surface area contributed by atoms with Crippen LogP contribution in [0, 0.1) is 6.92 Å². The first-order chi connectivity index (χ1) is 25.7. The Balaban J connectivity index is 1.40. The molecule has 0 unspecified atom stereocenters. The predicted octanol–water partition coefficient (Wildman–Crippen LogP) is 12.5. The number of aromatic nitrogens is 4. The van der Waals surface area contributed by atoms with Crippen molar-refractivity contribution in [2.75, 3.05) is 0 Å². The van der Waals surface area contributed by atoms with Gasteiger partial charge in [0, 0.05) is 32.8 Å². The molecule has 1 aliphatic carbocycles. The van der Waals surface area contributed by atoms with E-state index < -0.39 is 0 Å². The first-order valence-corrected chi connectivity index (χ1v) is 17.9. The summed E-state index contributed by atoms with van der Waals surface area (Å²) in [5, 5.41) is 8.12. The number of benzene rings is 6. The molecule has 0 saturated carbocycles. The summed E-state index contributed by atoms with van der Waals surface area (Å²) in [7, 11) is 0. The number of allylic oxidation sites excluding steroid dienone is 7. The topological polar surface area (TPSA) is 44.9 Å². The number of fused-ring (bicyclic) bond motifs is 11. The van der Waals surface area contributed by atoms with Crippen molar-refractivity contribution in [1.29, 1.82) is 0 Å². The summed E-state index contributed by atoms with van der Waals surface area (Å²) in [5.74, 6) is 2.21. The van der Waals surface area contributed by atoms with E-state index in [0.717, 1.165) is 67.7 Å². The Morgan fingerprint density at radius 3 is 2.38 bits per heavy atom. The van der Waals surface area contributed by atoms with Crippen LogP contribution >= 0.6 is 0 Å². The Kier molecular flexibility index (Phi) is 6.08. The Bertz CT molecular complexity index is 3150. The van der Waals surface area contributed by atoms with Gasteiger partial charge in [-0.25, -0.2) is 9.97 Å². The number of hydrogen-bond acceptors (Lipinski definition) is 3. The molecule has 246 valence electrons. The van der Waals surface area contributed by atoms with Crippen LogP contribution < -0.4 is 4.74 Å². The molecule has 2 aliphatic rings. The van der Waals surface area contributed by atoms with Crippen molar-refractivity contribution in [1.82, 2.24) is 19.1 Å². The van der Waals surface area contributed by atoms with E-state index in [4.69, 9.17) is 14.7 Å². The van der Waals surface area contributed by atoms with Crippen LogP contribution in [0.15, 0.2) is 140 Å². The molecule has 52 heavy (non-hydrogen) atoms. The van der Waals surface area contributed by atoms with Crippen LogP contribution in [0.4, 0.5) is 0 Å². The van der Waals surface area contributed by atoms with Crippen LogP contribution in [-0.2, 0) is 0 Å². The lowest BCUT2D eigenvalue weighted by molar-refractivity contribution is 0.486. The molecule has 0 bridgehead atoms. The Labute approximate surface area is 299 Å². The zero-order valence-electron chi connectivity index (χ0n) is 28.8. The fourth-order valence-corrected chi connectivity index (χ4v) is 8.55. The lowest BCUT2D eigenvalue weighted by Gasteiger charge is -2.21. The van der Waals surface area contributed by atoms with Crippen LogP contribution in [0.1, 0.15) is 24.5 Å². The fourth-order valence-electron chi connectivity index (χ4n) is 8.55. The summed E-state index contributed by atoms with van der Waals surface area (Å²) < 4.78 is 11.1. The minimum atomic E-state index is 0.631. The van der Waals surface area contributed by atoms with E-state index in [1.807, 2.05) is 30.3 Å². The number of nitrogens with zero attached hydrogens (tertiary/aromatic N) is 4. The highest BCUT2D eigenvalue weighted by Gasteiger charge is 2.27. The molecule has 0 fully saturated rings. The Morgan fingerprint density at radius 2 is 1.46 bits per heavy atom. The lowest BCUT2D eigenvalue weighted by atomic mass is 9.99. The highest BCUT2D eigenvalue weighted by molar-refractivity contribution is 6.29. The monoisotopic (exact) mass is 668 g/mol. The quantitative estimate of drug-likeness (QED) is 0.188. The molecule has 5 nitrogen and oxygen atoms in total. The van der Waals surface area contributed by atoms with Gasteiger partial charge in [0.1, 0.15) is 11.5 Å². The minimum absolute atomic E-state index is 0.631. The van der Waals surface area contributed by atoms with Gasteiger partial charge < -0.3 is 9.30 Å². The highest BCUT2D eigenvalue weighted by atomic mass is 16.5. The summed E-state index contributed by atoms with van der Waals surface area (Å²) in [6, 6.07) is 36.6. The van der Waals surface area contributed by atoms with E-state index in [1.165, 1.54) is 43.6 Å². The normalized spacial score (nSPS) is 13.9. The van der Waals surface area contributed by atoms with Crippen molar-refractivity contribution in [3.63, 3.8) is 0 Å². The van der Waals surface area contributed by atoms with E-state index in [0.29, 0.717) is 5.95 Å². The maximum Gasteiger partial charge on any atom is 0.235 e. The largest absolute Gasteiger partial charge is 0.456 e. The van der Waals surface area contributed by atoms with E-state index in [9.17, 15) is 0 Å². The van der Waals surface area contributed by atoms with Gasteiger partial charge in [-0.15, -0.1) is 0 Å². The molecule has 0 saturated heterocycles. The van der Waals surface area contributed by atoms with Crippen LogP contribution in [0.2, 0.25) is 0 Å². The molecule has 5 heteroatoms. The summed E-state index contributed by atoms with van der Waals surface area (Å²) in [6.45, 7) is 4.30. The molecular formula is C47H32N4O. The molecule has 0 spiro atoms. The van der Waals surface area contributed by atoms with Crippen LogP contribution in [-0.4, -0.2) is 19.1 Å². The second-order valence-corrected chi connectivity index (χ2v) is 13.7. The SMILES string of the molecule is C/C=C\c1c(C)ccc2c1c1ccc3c4c5ccccc5ccc4n(-c4nc5c6c(cccc6n4)Oc4ccccc4-5)c3c1n2C1=CC=CCC=C1. The van der Waals surface area contributed by atoms with Gasteiger partial charge in [-0.1, -0.05) is 97.1 Å². The average Bonchev–Trinajstić information content (AvgIpc) is 3.55. The predicted molar refractivity (Wildman–Crippen MR) is 217 cm³/mol. The van der Waals surface area contributed by atoms with E-state index in [-0.39, 0.29) is 0 Å². The van der Waals surface area contributed by atoms with Crippen LogP contribution in [0.25, 0.3) is 94.3 Å². The molecule has 9 aromatic rings. The number of hydrogen-bond donors (Lipinski definition) is 0. The number of aryl methyl sites for hydroxylation is 1. The van der Waals surface area contributed by atoms with Gasteiger partial charge in [-0.3, -0.25) is 4.57 Å². The van der Waals surface area contributed by atoms with Crippen LogP contribution in [0.3, 0.4) is 0 Å². The van der Waals surface area contributed by atoms with E-state index in [1.54, 1.807) is 0 Å². The van der Waals surface area contributed by atoms with Gasteiger partial charge in [0.2, 0.25) is 5.95 Å². The molecule has 0 amide bonds. The molecule has 0 N–H and O–H groups in total. The Hall–Kier alpha value is -6.72. The number of rotatable bonds is 3. The summed E-state index contributed by atoms with van der Waals surface area (Å²) in [5.41, 5.74) is 10.7. The van der Waals surface area contributed by atoms with E-state index in [2.05, 4.69) is 138 Å². The van der Waals surface area contributed by atoms with Crippen molar-refractivity contribution in [3.05, 3.63) is 151 Å².